The zero-order valence-corrected chi connectivity index (χ0v) is 15.4. The van der Waals surface area contributed by atoms with Crippen LogP contribution in [0.2, 0.25) is 5.02 Å². The predicted molar refractivity (Wildman–Crippen MR) is 101 cm³/mol. The molecule has 3 rings (SSSR count). The third-order valence-electron chi connectivity index (χ3n) is 4.30. The van der Waals surface area contributed by atoms with Crippen LogP contribution in [0.15, 0.2) is 54.9 Å². The average Bonchev–Trinajstić information content (AvgIpc) is 3.19. The van der Waals surface area contributed by atoms with Crippen molar-refractivity contribution in [3.63, 3.8) is 0 Å². The van der Waals surface area contributed by atoms with E-state index in [1.54, 1.807) is 30.5 Å². The van der Waals surface area contributed by atoms with Gasteiger partial charge in [-0.15, -0.1) is 0 Å². The van der Waals surface area contributed by atoms with E-state index in [-0.39, 0.29) is 22.9 Å². The lowest BCUT2D eigenvalue weighted by molar-refractivity contribution is 0.410. The van der Waals surface area contributed by atoms with Crippen molar-refractivity contribution in [3.8, 4) is 11.5 Å². The van der Waals surface area contributed by atoms with Crippen molar-refractivity contribution in [1.82, 2.24) is 15.5 Å². The van der Waals surface area contributed by atoms with Crippen LogP contribution in [0, 0.1) is 5.82 Å². The van der Waals surface area contributed by atoms with Gasteiger partial charge in [0.15, 0.2) is 11.6 Å². The Morgan fingerprint density at radius 3 is 2.65 bits per heavy atom. The van der Waals surface area contributed by atoms with Crippen LogP contribution >= 0.6 is 11.6 Å². The molecule has 2 aromatic carbocycles. The van der Waals surface area contributed by atoms with Gasteiger partial charge in [0.05, 0.1) is 11.2 Å². The fraction of sp³-hybridized carbons (Fsp3) is 0.250. The minimum absolute atomic E-state index is 0.0206. The number of rotatable bonds is 7. The Labute approximate surface area is 157 Å². The second-order valence-corrected chi connectivity index (χ2v) is 6.48. The van der Waals surface area contributed by atoms with Gasteiger partial charge in [-0.1, -0.05) is 42.8 Å². The van der Waals surface area contributed by atoms with Crippen LogP contribution in [0.3, 0.4) is 0 Å². The van der Waals surface area contributed by atoms with Gasteiger partial charge in [-0.2, -0.15) is 5.10 Å². The van der Waals surface area contributed by atoms with Crippen molar-refractivity contribution in [1.29, 1.82) is 0 Å². The highest BCUT2D eigenvalue weighted by Gasteiger charge is 2.22. The second kappa shape index (κ2) is 8.34. The number of halogens is 2. The number of aromatic nitrogens is 2. The van der Waals surface area contributed by atoms with Gasteiger partial charge in [-0.05, 0) is 31.5 Å². The summed E-state index contributed by atoms with van der Waals surface area (Å²) in [6, 6.07) is 12.3. The molecule has 2 atom stereocenters. The fourth-order valence-corrected chi connectivity index (χ4v) is 3.02. The minimum atomic E-state index is -0.444. The first-order valence-corrected chi connectivity index (χ1v) is 8.93. The van der Waals surface area contributed by atoms with E-state index >= 15 is 4.39 Å². The number of H-pyrrole nitrogens is 1. The summed E-state index contributed by atoms with van der Waals surface area (Å²) >= 11 is 6.19. The molecular formula is C20H21ClFN3O. The number of para-hydroxylation sites is 1. The topological polar surface area (TPSA) is 49.9 Å². The Hall–Kier alpha value is -2.37. The maximum atomic E-state index is 15.2. The second-order valence-electron chi connectivity index (χ2n) is 6.08. The SMILES string of the molecule is CC[C@@H](N[C@@H](C)c1cn[nH]c1)c1ccc(Cl)c(Oc2ccccc2)c1F. The molecule has 26 heavy (non-hydrogen) atoms. The van der Waals surface area contributed by atoms with Crippen molar-refractivity contribution >= 4 is 11.6 Å². The summed E-state index contributed by atoms with van der Waals surface area (Å²) in [7, 11) is 0. The molecule has 0 aliphatic rings. The predicted octanol–water partition coefficient (Wildman–Crippen LogP) is 5.80. The monoisotopic (exact) mass is 373 g/mol. The van der Waals surface area contributed by atoms with Crippen LogP contribution in [0.1, 0.15) is 43.5 Å². The number of nitrogens with one attached hydrogen (secondary N) is 2. The van der Waals surface area contributed by atoms with E-state index in [0.717, 1.165) is 5.56 Å². The fourth-order valence-electron chi connectivity index (χ4n) is 2.84. The van der Waals surface area contributed by atoms with Gasteiger partial charge in [0, 0.05) is 29.4 Å². The molecule has 2 N–H and O–H groups in total. The molecule has 0 unspecified atom stereocenters. The quantitative estimate of drug-likeness (QED) is 0.550. The molecule has 0 fully saturated rings. The Kier molecular flexibility index (Phi) is 5.91. The maximum absolute atomic E-state index is 15.2. The molecule has 1 aromatic heterocycles. The molecule has 0 radical (unpaired) electrons. The van der Waals surface area contributed by atoms with E-state index in [4.69, 9.17) is 16.3 Å². The summed E-state index contributed by atoms with van der Waals surface area (Å²) in [6.07, 6.45) is 4.30. The zero-order chi connectivity index (χ0) is 18.5. The molecule has 0 aliphatic heterocycles. The van der Waals surface area contributed by atoms with Gasteiger partial charge in [0.25, 0.3) is 0 Å². The van der Waals surface area contributed by atoms with Crippen LogP contribution in [-0.4, -0.2) is 10.2 Å². The number of aromatic amines is 1. The largest absolute Gasteiger partial charge is 0.453 e. The third kappa shape index (κ3) is 4.06. The summed E-state index contributed by atoms with van der Waals surface area (Å²) in [5.74, 6) is 0.143. The van der Waals surface area contributed by atoms with Gasteiger partial charge in [0.2, 0.25) is 0 Å². The lowest BCUT2D eigenvalue weighted by Crippen LogP contribution is -2.25. The van der Waals surface area contributed by atoms with Gasteiger partial charge in [-0.25, -0.2) is 4.39 Å². The van der Waals surface area contributed by atoms with E-state index < -0.39 is 5.82 Å². The van der Waals surface area contributed by atoms with Crippen molar-refractivity contribution in [2.75, 3.05) is 0 Å². The standard InChI is InChI=1S/C20H21ClFN3O/c1-3-18(25-13(2)14-11-23-24-12-14)16-9-10-17(21)20(19(16)22)26-15-7-5-4-6-8-15/h4-13,18,25H,3H2,1-2H3,(H,23,24)/t13-,18+/m0/s1. The van der Waals surface area contributed by atoms with Crippen LogP contribution in [0.4, 0.5) is 4.39 Å². The highest BCUT2D eigenvalue weighted by atomic mass is 35.5. The van der Waals surface area contributed by atoms with E-state index in [2.05, 4.69) is 15.5 Å². The lowest BCUT2D eigenvalue weighted by atomic mass is 10.0. The van der Waals surface area contributed by atoms with Crippen LogP contribution < -0.4 is 10.1 Å². The van der Waals surface area contributed by atoms with E-state index in [9.17, 15) is 0 Å². The summed E-state index contributed by atoms with van der Waals surface area (Å²) in [6.45, 7) is 4.02. The zero-order valence-electron chi connectivity index (χ0n) is 14.7. The smallest absolute Gasteiger partial charge is 0.181 e. The number of benzene rings is 2. The van der Waals surface area contributed by atoms with Crippen molar-refractivity contribution in [3.05, 3.63) is 76.8 Å². The van der Waals surface area contributed by atoms with Gasteiger partial charge in [-0.3, -0.25) is 5.10 Å². The Bertz CT molecular complexity index is 840. The highest BCUT2D eigenvalue weighted by molar-refractivity contribution is 6.32. The van der Waals surface area contributed by atoms with Crippen LogP contribution in [0.25, 0.3) is 0 Å². The molecule has 0 spiro atoms. The normalized spacial score (nSPS) is 13.4. The molecule has 6 heteroatoms. The first-order chi connectivity index (χ1) is 12.6. The van der Waals surface area contributed by atoms with E-state index in [0.29, 0.717) is 17.7 Å². The first kappa shape index (κ1) is 18.4. The Balaban J connectivity index is 1.87. The molecule has 4 nitrogen and oxygen atoms in total. The highest BCUT2D eigenvalue weighted by Crippen LogP contribution is 2.37. The molecular weight excluding hydrogens is 353 g/mol. The maximum Gasteiger partial charge on any atom is 0.181 e. The van der Waals surface area contributed by atoms with Crippen molar-refractivity contribution in [2.45, 2.75) is 32.4 Å². The van der Waals surface area contributed by atoms with Crippen molar-refractivity contribution in [2.24, 2.45) is 0 Å². The molecule has 0 amide bonds. The van der Waals surface area contributed by atoms with Crippen LogP contribution in [-0.2, 0) is 0 Å². The lowest BCUT2D eigenvalue weighted by Gasteiger charge is -2.23. The van der Waals surface area contributed by atoms with Gasteiger partial charge >= 0.3 is 0 Å². The third-order valence-corrected chi connectivity index (χ3v) is 4.59. The molecule has 1 heterocycles. The average molecular weight is 374 g/mol. The molecule has 136 valence electrons. The number of ether oxygens (including phenoxy) is 1. The Morgan fingerprint density at radius 1 is 1.23 bits per heavy atom. The summed E-state index contributed by atoms with van der Waals surface area (Å²) in [5, 5.41) is 10.4. The van der Waals surface area contributed by atoms with E-state index in [1.807, 2.05) is 38.2 Å². The Morgan fingerprint density at radius 2 is 2.00 bits per heavy atom. The van der Waals surface area contributed by atoms with Gasteiger partial charge in [0.1, 0.15) is 5.75 Å². The summed E-state index contributed by atoms with van der Waals surface area (Å²) in [4.78, 5) is 0. The summed E-state index contributed by atoms with van der Waals surface area (Å²) < 4.78 is 20.9. The minimum Gasteiger partial charge on any atom is -0.453 e. The number of hydrogen-bond donors (Lipinski definition) is 2. The number of hydrogen-bond acceptors (Lipinski definition) is 3. The molecule has 0 saturated carbocycles. The van der Waals surface area contributed by atoms with E-state index in [1.165, 1.54) is 0 Å². The first-order valence-electron chi connectivity index (χ1n) is 8.55. The van der Waals surface area contributed by atoms with Gasteiger partial charge < -0.3 is 10.1 Å². The molecule has 0 aliphatic carbocycles. The summed E-state index contributed by atoms with van der Waals surface area (Å²) in [5.41, 5.74) is 1.54. The van der Waals surface area contributed by atoms with Crippen LogP contribution in [0.5, 0.6) is 11.5 Å². The molecule has 0 saturated heterocycles. The number of nitrogens with zero attached hydrogens (tertiary/aromatic N) is 1. The molecule has 3 aromatic rings. The van der Waals surface area contributed by atoms with Crippen molar-refractivity contribution < 1.29 is 9.13 Å². The molecule has 0 bridgehead atoms.